The highest BCUT2D eigenvalue weighted by Gasteiger charge is 2.34. The SMILES string of the molecule is CN(C)C(=O)C1Oc2cc(Cl)ccc2NC1=O. The average molecular weight is 255 g/mol. The van der Waals surface area contributed by atoms with Crippen molar-refractivity contribution in [2.24, 2.45) is 0 Å². The highest BCUT2D eigenvalue weighted by molar-refractivity contribution is 6.31. The molecule has 17 heavy (non-hydrogen) atoms. The third kappa shape index (κ3) is 2.19. The first kappa shape index (κ1) is 11.7. The van der Waals surface area contributed by atoms with Crippen LogP contribution in [0.3, 0.4) is 0 Å². The topological polar surface area (TPSA) is 58.6 Å². The number of hydrogen-bond donors (Lipinski definition) is 1. The second-order valence-corrected chi connectivity index (χ2v) is 4.30. The molecule has 6 heteroatoms. The highest BCUT2D eigenvalue weighted by Crippen LogP contribution is 2.32. The minimum absolute atomic E-state index is 0.400. The number of carbonyl (C=O) groups excluding carboxylic acids is 2. The summed E-state index contributed by atoms with van der Waals surface area (Å²) in [5.41, 5.74) is 0.516. The lowest BCUT2D eigenvalue weighted by Gasteiger charge is -2.26. The molecular formula is C11H11ClN2O3. The monoisotopic (exact) mass is 254 g/mol. The lowest BCUT2D eigenvalue weighted by molar-refractivity contribution is -0.142. The van der Waals surface area contributed by atoms with Crippen molar-refractivity contribution >= 4 is 29.1 Å². The van der Waals surface area contributed by atoms with Gasteiger partial charge in [-0.15, -0.1) is 0 Å². The van der Waals surface area contributed by atoms with E-state index in [0.717, 1.165) is 0 Å². The van der Waals surface area contributed by atoms with Crippen LogP contribution in [0, 0.1) is 0 Å². The molecule has 1 heterocycles. The van der Waals surface area contributed by atoms with Crippen molar-refractivity contribution < 1.29 is 14.3 Å². The Morgan fingerprint density at radius 3 is 2.82 bits per heavy atom. The molecule has 0 bridgehead atoms. The van der Waals surface area contributed by atoms with E-state index in [1.165, 1.54) is 4.90 Å². The summed E-state index contributed by atoms with van der Waals surface area (Å²) in [6, 6.07) is 4.83. The molecular weight excluding hydrogens is 244 g/mol. The predicted molar refractivity (Wildman–Crippen MR) is 63.2 cm³/mol. The number of fused-ring (bicyclic) bond motifs is 1. The number of amides is 2. The minimum Gasteiger partial charge on any atom is -0.468 e. The Kier molecular flexibility index (Phi) is 2.93. The van der Waals surface area contributed by atoms with Crippen molar-refractivity contribution in [1.29, 1.82) is 0 Å². The largest absolute Gasteiger partial charge is 0.468 e. The van der Waals surface area contributed by atoms with Crippen molar-refractivity contribution in [2.45, 2.75) is 6.10 Å². The van der Waals surface area contributed by atoms with Gasteiger partial charge in [-0.05, 0) is 12.1 Å². The summed E-state index contributed by atoms with van der Waals surface area (Å²) in [6.45, 7) is 0. The normalized spacial score (nSPS) is 17.8. The van der Waals surface area contributed by atoms with Gasteiger partial charge in [0, 0.05) is 25.2 Å². The van der Waals surface area contributed by atoms with E-state index in [0.29, 0.717) is 16.5 Å². The van der Waals surface area contributed by atoms with Crippen LogP contribution in [0.25, 0.3) is 0 Å². The summed E-state index contributed by atoms with van der Waals surface area (Å²) >= 11 is 5.81. The minimum atomic E-state index is -1.16. The lowest BCUT2D eigenvalue weighted by Crippen LogP contribution is -2.47. The van der Waals surface area contributed by atoms with E-state index in [1.54, 1.807) is 32.3 Å². The fourth-order valence-corrected chi connectivity index (χ4v) is 1.63. The van der Waals surface area contributed by atoms with Crippen LogP contribution in [0.2, 0.25) is 5.02 Å². The summed E-state index contributed by atoms with van der Waals surface area (Å²) in [5, 5.41) is 3.09. The van der Waals surface area contributed by atoms with Crippen molar-refractivity contribution in [3.05, 3.63) is 23.2 Å². The smallest absolute Gasteiger partial charge is 0.275 e. The number of nitrogens with one attached hydrogen (secondary N) is 1. The quantitative estimate of drug-likeness (QED) is 0.765. The third-order valence-electron chi connectivity index (χ3n) is 2.35. The Bertz CT molecular complexity index is 488. The molecule has 1 aromatic rings. The number of nitrogens with zero attached hydrogens (tertiary/aromatic N) is 1. The molecule has 2 rings (SSSR count). The van der Waals surface area contributed by atoms with E-state index >= 15 is 0 Å². The van der Waals surface area contributed by atoms with Crippen LogP contribution in [0.15, 0.2) is 18.2 Å². The molecule has 5 nitrogen and oxygen atoms in total. The van der Waals surface area contributed by atoms with Crippen molar-refractivity contribution in [3.63, 3.8) is 0 Å². The maximum absolute atomic E-state index is 11.7. The summed E-state index contributed by atoms with van der Waals surface area (Å²) in [5.74, 6) is -0.482. The van der Waals surface area contributed by atoms with E-state index in [9.17, 15) is 9.59 Å². The zero-order valence-electron chi connectivity index (χ0n) is 9.36. The second-order valence-electron chi connectivity index (χ2n) is 3.86. The first-order chi connectivity index (χ1) is 7.99. The maximum atomic E-state index is 11.7. The first-order valence-electron chi connectivity index (χ1n) is 4.97. The van der Waals surface area contributed by atoms with Gasteiger partial charge in [0.05, 0.1) is 5.69 Å². The molecule has 0 saturated carbocycles. The number of ether oxygens (including phenoxy) is 1. The first-order valence-corrected chi connectivity index (χ1v) is 5.35. The van der Waals surface area contributed by atoms with Gasteiger partial charge in [-0.2, -0.15) is 0 Å². The van der Waals surface area contributed by atoms with Crippen LogP contribution >= 0.6 is 11.6 Å². The van der Waals surface area contributed by atoms with Gasteiger partial charge in [0.1, 0.15) is 5.75 Å². The molecule has 0 saturated heterocycles. The summed E-state index contributed by atoms with van der Waals surface area (Å²) in [7, 11) is 3.12. The number of anilines is 1. The van der Waals surface area contributed by atoms with Gasteiger partial charge < -0.3 is 15.0 Å². The molecule has 90 valence electrons. The summed E-state index contributed by atoms with van der Waals surface area (Å²) < 4.78 is 5.36. The molecule has 1 aromatic carbocycles. The zero-order valence-corrected chi connectivity index (χ0v) is 10.1. The molecule has 1 atom stereocenters. The number of rotatable bonds is 1. The van der Waals surface area contributed by atoms with Crippen molar-refractivity contribution in [1.82, 2.24) is 4.90 Å². The molecule has 0 fully saturated rings. The Morgan fingerprint density at radius 2 is 2.18 bits per heavy atom. The van der Waals surface area contributed by atoms with Gasteiger partial charge >= 0.3 is 0 Å². The maximum Gasteiger partial charge on any atom is 0.275 e. The van der Waals surface area contributed by atoms with Gasteiger partial charge in [-0.25, -0.2) is 0 Å². The molecule has 1 aliphatic rings. The van der Waals surface area contributed by atoms with Gasteiger partial charge in [-0.1, -0.05) is 11.6 Å². The van der Waals surface area contributed by atoms with E-state index in [4.69, 9.17) is 16.3 Å². The summed E-state index contributed by atoms with van der Waals surface area (Å²) in [6.07, 6.45) is -1.16. The van der Waals surface area contributed by atoms with Crippen LogP contribution in [0.5, 0.6) is 5.75 Å². The Hall–Kier alpha value is -1.75. The van der Waals surface area contributed by atoms with Crippen LogP contribution < -0.4 is 10.1 Å². The number of carbonyl (C=O) groups is 2. The standard InChI is InChI=1S/C11H11ClN2O3/c1-14(2)11(16)9-10(15)13-7-4-3-6(12)5-8(7)17-9/h3-5,9H,1-2H3,(H,13,15). The van der Waals surface area contributed by atoms with Crippen LogP contribution in [0.4, 0.5) is 5.69 Å². The highest BCUT2D eigenvalue weighted by atomic mass is 35.5. The van der Waals surface area contributed by atoms with Crippen molar-refractivity contribution in [2.75, 3.05) is 19.4 Å². The van der Waals surface area contributed by atoms with E-state index in [2.05, 4.69) is 5.32 Å². The molecule has 0 aromatic heterocycles. The van der Waals surface area contributed by atoms with Crippen LogP contribution in [-0.4, -0.2) is 36.9 Å². The number of benzene rings is 1. The van der Waals surface area contributed by atoms with Crippen molar-refractivity contribution in [3.8, 4) is 5.75 Å². The molecule has 1 unspecified atom stereocenters. The molecule has 1 N–H and O–H groups in total. The van der Waals surface area contributed by atoms with E-state index in [-0.39, 0.29) is 0 Å². The Labute approximate surface area is 103 Å². The van der Waals surface area contributed by atoms with Gasteiger partial charge in [0.2, 0.25) is 0 Å². The van der Waals surface area contributed by atoms with Gasteiger partial charge in [0.25, 0.3) is 17.9 Å². The Balaban J connectivity index is 2.31. The Morgan fingerprint density at radius 1 is 1.47 bits per heavy atom. The third-order valence-corrected chi connectivity index (χ3v) is 2.58. The predicted octanol–water partition coefficient (Wildman–Crippen LogP) is 1.13. The van der Waals surface area contributed by atoms with E-state index < -0.39 is 17.9 Å². The number of likely N-dealkylation sites (N-methyl/N-ethyl adjacent to an activating group) is 1. The molecule has 0 spiro atoms. The fourth-order valence-electron chi connectivity index (χ4n) is 1.47. The van der Waals surface area contributed by atoms with Crippen LogP contribution in [0.1, 0.15) is 0 Å². The molecule has 2 amide bonds. The molecule has 0 radical (unpaired) electrons. The second kappa shape index (κ2) is 4.25. The summed E-state index contributed by atoms with van der Waals surface area (Å²) in [4.78, 5) is 24.7. The zero-order chi connectivity index (χ0) is 12.6. The van der Waals surface area contributed by atoms with Gasteiger partial charge in [-0.3, -0.25) is 9.59 Å². The number of halogens is 1. The van der Waals surface area contributed by atoms with Crippen LogP contribution in [-0.2, 0) is 9.59 Å². The average Bonchev–Trinajstić information content (AvgIpc) is 2.27. The fraction of sp³-hybridized carbons (Fsp3) is 0.273. The molecule has 0 aliphatic carbocycles. The van der Waals surface area contributed by atoms with E-state index in [1.807, 2.05) is 0 Å². The number of hydrogen-bond acceptors (Lipinski definition) is 3. The lowest BCUT2D eigenvalue weighted by atomic mass is 10.2. The van der Waals surface area contributed by atoms with Gasteiger partial charge in [0.15, 0.2) is 0 Å². The molecule has 1 aliphatic heterocycles.